The summed E-state index contributed by atoms with van der Waals surface area (Å²) in [7, 11) is -3.77. The third-order valence-electron chi connectivity index (χ3n) is 2.20. The fraction of sp³-hybridized carbons (Fsp3) is 0. The highest BCUT2D eigenvalue weighted by atomic mass is 32.2. The van der Waals surface area contributed by atoms with Gasteiger partial charge < -0.3 is 10.2 Å². The molecule has 1 aromatic heterocycles. The van der Waals surface area contributed by atoms with E-state index in [-0.39, 0.29) is 15.6 Å². The molecular weight excluding hydrogens is 242 g/mol. The van der Waals surface area contributed by atoms with Gasteiger partial charge in [0.15, 0.2) is 0 Å². The highest BCUT2D eigenvalue weighted by Crippen LogP contribution is 2.24. The second-order valence-corrected chi connectivity index (χ2v) is 5.21. The molecule has 2 rings (SSSR count). The van der Waals surface area contributed by atoms with Crippen molar-refractivity contribution in [1.82, 2.24) is 0 Å². The number of carbonyl (C=O) groups excluding carboxylic acids is 1. The van der Waals surface area contributed by atoms with Crippen LogP contribution >= 0.6 is 0 Å². The van der Waals surface area contributed by atoms with Crippen LogP contribution in [0.2, 0.25) is 0 Å². The average molecular weight is 251 g/mol. The maximum atomic E-state index is 12.2. The number of rotatable bonds is 3. The molecule has 1 amide bonds. The molecule has 0 radical (unpaired) electrons. The normalized spacial score (nSPS) is 11.3. The van der Waals surface area contributed by atoms with Gasteiger partial charge in [-0.25, -0.2) is 8.42 Å². The quantitative estimate of drug-likeness (QED) is 0.887. The van der Waals surface area contributed by atoms with Gasteiger partial charge in [0.2, 0.25) is 15.6 Å². The van der Waals surface area contributed by atoms with E-state index in [2.05, 4.69) is 0 Å². The van der Waals surface area contributed by atoms with Crippen LogP contribution in [0.25, 0.3) is 0 Å². The number of sulfone groups is 1. The van der Waals surface area contributed by atoms with Crippen LogP contribution in [0.4, 0.5) is 0 Å². The summed E-state index contributed by atoms with van der Waals surface area (Å²) in [5, 5.41) is 0. The lowest BCUT2D eigenvalue weighted by molar-refractivity contribution is 0.0969. The summed E-state index contributed by atoms with van der Waals surface area (Å²) < 4.78 is 29.1. The molecule has 0 saturated heterocycles. The number of furan rings is 1. The van der Waals surface area contributed by atoms with Gasteiger partial charge in [0.1, 0.15) is 4.90 Å². The van der Waals surface area contributed by atoms with Crippen molar-refractivity contribution in [3.05, 3.63) is 48.4 Å². The topological polar surface area (TPSA) is 90.4 Å². The van der Waals surface area contributed by atoms with Gasteiger partial charge in [0.05, 0.1) is 11.2 Å². The van der Waals surface area contributed by atoms with Crippen molar-refractivity contribution in [2.75, 3.05) is 0 Å². The van der Waals surface area contributed by atoms with Crippen LogP contribution in [0, 0.1) is 0 Å². The van der Waals surface area contributed by atoms with Crippen LogP contribution in [0.1, 0.15) is 10.6 Å². The summed E-state index contributed by atoms with van der Waals surface area (Å²) in [6.07, 6.45) is 1.12. The van der Waals surface area contributed by atoms with Crippen LogP contribution in [0.15, 0.2) is 56.9 Å². The minimum absolute atomic E-state index is 0.0869. The number of hydrogen-bond acceptors (Lipinski definition) is 4. The molecule has 5 nitrogen and oxygen atoms in total. The third kappa shape index (κ3) is 1.94. The molecule has 17 heavy (non-hydrogen) atoms. The van der Waals surface area contributed by atoms with Crippen molar-refractivity contribution >= 4 is 15.7 Å². The lowest BCUT2D eigenvalue weighted by atomic mass is 10.4. The molecule has 6 heteroatoms. The number of carbonyl (C=O) groups is 1. The Balaban J connectivity index is 2.61. The molecule has 0 unspecified atom stereocenters. The SMILES string of the molecule is NC(=O)c1occc1S(=O)(=O)c1ccccc1. The van der Waals surface area contributed by atoms with E-state index in [4.69, 9.17) is 10.2 Å². The largest absolute Gasteiger partial charge is 0.458 e. The summed E-state index contributed by atoms with van der Waals surface area (Å²) >= 11 is 0. The molecular formula is C11H9NO4S. The molecule has 0 fully saturated rings. The van der Waals surface area contributed by atoms with Gasteiger partial charge in [0.25, 0.3) is 5.91 Å². The molecule has 0 bridgehead atoms. The first-order chi connectivity index (χ1) is 8.03. The van der Waals surface area contributed by atoms with Crippen molar-refractivity contribution in [1.29, 1.82) is 0 Å². The summed E-state index contributed by atoms with van der Waals surface area (Å²) in [5.41, 5.74) is 5.04. The molecule has 0 saturated carbocycles. The van der Waals surface area contributed by atoms with E-state index in [0.29, 0.717) is 0 Å². The van der Waals surface area contributed by atoms with Crippen LogP contribution < -0.4 is 5.73 Å². The molecule has 88 valence electrons. The summed E-state index contributed by atoms with van der Waals surface area (Å²) in [6.45, 7) is 0. The maximum absolute atomic E-state index is 12.2. The molecule has 1 aromatic carbocycles. The number of primary amides is 1. The van der Waals surface area contributed by atoms with Crippen molar-refractivity contribution in [3.63, 3.8) is 0 Å². The van der Waals surface area contributed by atoms with Crippen molar-refractivity contribution < 1.29 is 17.6 Å². The Morgan fingerprint density at radius 3 is 2.35 bits per heavy atom. The second-order valence-electron chi connectivity index (χ2n) is 3.29. The van der Waals surface area contributed by atoms with Crippen molar-refractivity contribution in [3.8, 4) is 0 Å². The molecule has 2 aromatic rings. The Bertz CT molecular complexity index is 643. The molecule has 0 aliphatic heterocycles. The zero-order chi connectivity index (χ0) is 12.5. The Kier molecular flexibility index (Phi) is 2.72. The maximum Gasteiger partial charge on any atom is 0.285 e. The number of benzene rings is 1. The first-order valence-corrected chi connectivity index (χ1v) is 6.19. The van der Waals surface area contributed by atoms with Gasteiger partial charge in [-0.1, -0.05) is 18.2 Å². The van der Waals surface area contributed by atoms with Gasteiger partial charge in [0, 0.05) is 0 Å². The summed E-state index contributed by atoms with van der Waals surface area (Å²) in [6, 6.07) is 8.97. The van der Waals surface area contributed by atoms with Crippen molar-refractivity contribution in [2.24, 2.45) is 5.73 Å². The lowest BCUT2D eigenvalue weighted by Gasteiger charge is -2.02. The molecule has 2 N–H and O–H groups in total. The van der Waals surface area contributed by atoms with Crippen molar-refractivity contribution in [2.45, 2.75) is 9.79 Å². The fourth-order valence-electron chi connectivity index (χ4n) is 1.42. The number of hydrogen-bond donors (Lipinski definition) is 1. The standard InChI is InChI=1S/C11H9NO4S/c12-11(13)10-9(6-7-16-10)17(14,15)8-4-2-1-3-5-8/h1-7H,(H2,12,13). The van der Waals surface area contributed by atoms with Gasteiger partial charge in [-0.15, -0.1) is 0 Å². The van der Waals surface area contributed by atoms with E-state index >= 15 is 0 Å². The highest BCUT2D eigenvalue weighted by molar-refractivity contribution is 7.91. The van der Waals surface area contributed by atoms with Gasteiger partial charge in [-0.3, -0.25) is 4.79 Å². The smallest absolute Gasteiger partial charge is 0.285 e. The molecule has 0 aliphatic carbocycles. The zero-order valence-electron chi connectivity index (χ0n) is 8.66. The van der Waals surface area contributed by atoms with E-state index in [0.717, 1.165) is 6.26 Å². The van der Waals surface area contributed by atoms with E-state index in [1.165, 1.54) is 18.2 Å². The Hall–Kier alpha value is -2.08. The van der Waals surface area contributed by atoms with Crippen LogP contribution in [0.5, 0.6) is 0 Å². The highest BCUT2D eigenvalue weighted by Gasteiger charge is 2.25. The monoisotopic (exact) mass is 251 g/mol. The Morgan fingerprint density at radius 1 is 1.12 bits per heavy atom. The van der Waals surface area contributed by atoms with E-state index in [9.17, 15) is 13.2 Å². The molecule has 0 spiro atoms. The molecule has 0 atom stereocenters. The second kappa shape index (κ2) is 4.06. The van der Waals surface area contributed by atoms with Gasteiger partial charge in [-0.2, -0.15) is 0 Å². The molecule has 0 aliphatic rings. The van der Waals surface area contributed by atoms with Gasteiger partial charge in [-0.05, 0) is 18.2 Å². The fourth-order valence-corrected chi connectivity index (χ4v) is 2.81. The summed E-state index contributed by atoms with van der Waals surface area (Å²) in [5.74, 6) is -1.27. The zero-order valence-corrected chi connectivity index (χ0v) is 9.48. The minimum Gasteiger partial charge on any atom is -0.458 e. The number of amides is 1. The summed E-state index contributed by atoms with van der Waals surface area (Å²) in [4.78, 5) is 10.9. The predicted octanol–water partition coefficient (Wildman–Crippen LogP) is 1.21. The van der Waals surface area contributed by atoms with E-state index in [1.807, 2.05) is 0 Å². The Labute approximate surface area is 97.8 Å². The lowest BCUT2D eigenvalue weighted by Crippen LogP contribution is -2.14. The number of nitrogens with two attached hydrogens (primary N) is 1. The minimum atomic E-state index is -3.77. The predicted molar refractivity (Wildman–Crippen MR) is 59.1 cm³/mol. The van der Waals surface area contributed by atoms with E-state index < -0.39 is 15.7 Å². The third-order valence-corrected chi connectivity index (χ3v) is 3.99. The van der Waals surface area contributed by atoms with Crippen LogP contribution in [0.3, 0.4) is 0 Å². The van der Waals surface area contributed by atoms with E-state index in [1.54, 1.807) is 18.2 Å². The van der Waals surface area contributed by atoms with Crippen LogP contribution in [-0.2, 0) is 9.84 Å². The van der Waals surface area contributed by atoms with Crippen LogP contribution in [-0.4, -0.2) is 14.3 Å². The average Bonchev–Trinajstić information content (AvgIpc) is 2.80. The Morgan fingerprint density at radius 2 is 1.76 bits per heavy atom. The van der Waals surface area contributed by atoms with Gasteiger partial charge >= 0.3 is 0 Å². The first-order valence-electron chi connectivity index (χ1n) is 4.71. The molecule has 1 heterocycles. The first kappa shape index (κ1) is 11.4.